The van der Waals surface area contributed by atoms with Crippen molar-refractivity contribution in [1.82, 2.24) is 0 Å². The Morgan fingerprint density at radius 3 is 2.11 bits per heavy atom. The lowest BCUT2D eigenvalue weighted by Crippen LogP contribution is -2.10. The van der Waals surface area contributed by atoms with Gasteiger partial charge in [0.2, 0.25) is 0 Å². The van der Waals surface area contributed by atoms with Gasteiger partial charge < -0.3 is 4.79 Å². The molecular weight excluding hydrogens is 136 g/mol. The van der Waals surface area contributed by atoms with Crippen LogP contribution in [0.4, 0.5) is 0 Å². The lowest BCUT2D eigenvalue weighted by atomic mass is 10.0. The van der Waals surface area contributed by atoms with Gasteiger partial charge in [-0.2, -0.15) is 0 Å². The van der Waals surface area contributed by atoms with Gasteiger partial charge in [-0.3, -0.25) is 0 Å². The van der Waals surface area contributed by atoms with E-state index in [1.54, 1.807) is 6.92 Å². The van der Waals surface area contributed by atoms with Crippen molar-refractivity contribution in [3.8, 4) is 0 Å². The molecule has 0 fully saturated rings. The van der Waals surface area contributed by atoms with Gasteiger partial charge in [-0.15, -0.1) is 11.6 Å². The number of hydrogen-bond donors (Lipinski definition) is 0. The molecule has 0 N–H and O–H groups in total. The van der Waals surface area contributed by atoms with Crippen molar-refractivity contribution < 1.29 is 4.79 Å². The van der Waals surface area contributed by atoms with Crippen molar-refractivity contribution in [2.45, 2.75) is 32.6 Å². The maximum absolute atomic E-state index is 10.5. The van der Waals surface area contributed by atoms with E-state index in [1.165, 1.54) is 0 Å². The van der Waals surface area contributed by atoms with E-state index in [-0.39, 0.29) is 11.2 Å². The highest BCUT2D eigenvalue weighted by atomic mass is 35.5. The lowest BCUT2D eigenvalue weighted by molar-refractivity contribution is -0.117. The summed E-state index contributed by atoms with van der Waals surface area (Å²) in [5, 5.41) is 0.105. The van der Waals surface area contributed by atoms with Crippen LogP contribution < -0.4 is 0 Å². The highest BCUT2D eigenvalue weighted by Gasteiger charge is 2.10. The van der Waals surface area contributed by atoms with Crippen molar-refractivity contribution in [2.24, 2.45) is 5.92 Å². The number of halogens is 1. The van der Waals surface area contributed by atoms with Crippen LogP contribution in [0.2, 0.25) is 0 Å². The summed E-state index contributed by atoms with van der Waals surface area (Å²) in [6.07, 6.45) is 0.602. The first-order valence-corrected chi connectivity index (χ1v) is 3.61. The van der Waals surface area contributed by atoms with Crippen molar-refractivity contribution in [1.29, 1.82) is 0 Å². The summed E-state index contributed by atoms with van der Waals surface area (Å²) < 4.78 is 0. The van der Waals surface area contributed by atoms with Gasteiger partial charge in [-0.25, -0.2) is 0 Å². The summed E-state index contributed by atoms with van der Waals surface area (Å²) in [6.45, 7) is 5.49. The van der Waals surface area contributed by atoms with Crippen LogP contribution in [0.3, 0.4) is 0 Å². The average molecular weight is 149 g/mol. The van der Waals surface area contributed by atoms with E-state index < -0.39 is 0 Å². The largest absolute Gasteiger partial charge is 0.300 e. The zero-order valence-corrected chi connectivity index (χ0v) is 6.90. The Balaban J connectivity index is 3.50. The Kier molecular flexibility index (Phi) is 3.87. The van der Waals surface area contributed by atoms with E-state index in [1.807, 2.05) is 13.8 Å². The van der Waals surface area contributed by atoms with Crippen LogP contribution in [0.15, 0.2) is 0 Å². The van der Waals surface area contributed by atoms with E-state index in [0.717, 1.165) is 0 Å². The molecular formula is C7H13ClO. The fourth-order valence-electron chi connectivity index (χ4n) is 0.616. The molecule has 0 rings (SSSR count). The number of ketones is 1. The molecule has 54 valence electrons. The molecule has 0 aliphatic heterocycles. The second-order valence-electron chi connectivity index (χ2n) is 2.56. The predicted molar refractivity (Wildman–Crippen MR) is 39.8 cm³/mol. The minimum atomic E-state index is 0.105. The van der Waals surface area contributed by atoms with Crippen LogP contribution in [-0.2, 0) is 4.79 Å². The van der Waals surface area contributed by atoms with Crippen LogP contribution in [0.1, 0.15) is 27.2 Å². The monoisotopic (exact) mass is 148 g/mol. The third kappa shape index (κ3) is 4.46. The third-order valence-corrected chi connectivity index (χ3v) is 1.82. The molecule has 0 saturated heterocycles. The number of rotatable bonds is 3. The smallest absolute Gasteiger partial charge is 0.130 e. The molecule has 2 unspecified atom stereocenters. The van der Waals surface area contributed by atoms with Gasteiger partial charge in [-0.05, 0) is 19.8 Å². The molecule has 0 aromatic heterocycles. The molecule has 0 spiro atoms. The van der Waals surface area contributed by atoms with Gasteiger partial charge in [0.15, 0.2) is 0 Å². The van der Waals surface area contributed by atoms with Crippen molar-refractivity contribution in [2.75, 3.05) is 0 Å². The molecule has 0 bridgehead atoms. The van der Waals surface area contributed by atoms with Crippen LogP contribution >= 0.6 is 11.6 Å². The van der Waals surface area contributed by atoms with Gasteiger partial charge in [0.1, 0.15) is 5.78 Å². The summed E-state index contributed by atoms with van der Waals surface area (Å²) in [4.78, 5) is 10.5. The van der Waals surface area contributed by atoms with E-state index in [4.69, 9.17) is 11.6 Å². The first kappa shape index (κ1) is 8.96. The van der Waals surface area contributed by atoms with E-state index in [9.17, 15) is 4.79 Å². The van der Waals surface area contributed by atoms with E-state index in [0.29, 0.717) is 12.3 Å². The second kappa shape index (κ2) is 3.89. The number of hydrogen-bond acceptors (Lipinski definition) is 1. The molecule has 0 aromatic carbocycles. The van der Waals surface area contributed by atoms with Crippen molar-refractivity contribution in [3.05, 3.63) is 0 Å². The normalized spacial score (nSPS) is 16.9. The first-order valence-electron chi connectivity index (χ1n) is 3.17. The Labute approximate surface area is 61.4 Å². The summed E-state index contributed by atoms with van der Waals surface area (Å²) in [6, 6.07) is 0. The van der Waals surface area contributed by atoms with Gasteiger partial charge in [0.05, 0.1) is 0 Å². The fourth-order valence-corrected chi connectivity index (χ4v) is 0.705. The van der Waals surface area contributed by atoms with Gasteiger partial charge >= 0.3 is 0 Å². The molecule has 2 atom stereocenters. The predicted octanol–water partition coefficient (Wildman–Crippen LogP) is 2.23. The van der Waals surface area contributed by atoms with Crippen molar-refractivity contribution in [3.63, 3.8) is 0 Å². The Hall–Kier alpha value is -0.0400. The molecule has 0 amide bonds. The molecule has 1 nitrogen and oxygen atoms in total. The number of Topliss-reactive ketones (excluding diaryl/α,β-unsaturated/α-hetero) is 1. The Morgan fingerprint density at radius 1 is 1.56 bits per heavy atom. The van der Waals surface area contributed by atoms with Crippen molar-refractivity contribution >= 4 is 17.4 Å². The number of alkyl halides is 1. The molecule has 0 aromatic rings. The minimum Gasteiger partial charge on any atom is -0.300 e. The molecule has 0 saturated carbocycles. The van der Waals surface area contributed by atoms with Gasteiger partial charge in [0.25, 0.3) is 0 Å². The number of carbonyl (C=O) groups excluding carboxylic acids is 1. The second-order valence-corrected chi connectivity index (χ2v) is 3.25. The highest BCUT2D eigenvalue weighted by Crippen LogP contribution is 2.13. The lowest BCUT2D eigenvalue weighted by Gasteiger charge is -2.09. The zero-order chi connectivity index (χ0) is 7.44. The Morgan fingerprint density at radius 2 is 2.00 bits per heavy atom. The molecule has 0 heterocycles. The number of carbonyl (C=O) groups is 1. The Bertz CT molecular complexity index is 99.1. The van der Waals surface area contributed by atoms with Gasteiger partial charge in [0, 0.05) is 11.8 Å². The van der Waals surface area contributed by atoms with E-state index >= 15 is 0 Å². The highest BCUT2D eigenvalue weighted by molar-refractivity contribution is 6.20. The minimum absolute atomic E-state index is 0.105. The zero-order valence-electron chi connectivity index (χ0n) is 6.15. The van der Waals surface area contributed by atoms with Gasteiger partial charge in [-0.1, -0.05) is 6.92 Å². The average Bonchev–Trinajstić information content (AvgIpc) is 1.63. The molecule has 2 heteroatoms. The molecule has 0 aliphatic carbocycles. The SMILES string of the molecule is CC(=O)CC(C)C(C)Cl. The summed E-state index contributed by atoms with van der Waals surface area (Å²) in [5.74, 6) is 0.527. The maximum Gasteiger partial charge on any atom is 0.130 e. The fraction of sp³-hybridized carbons (Fsp3) is 0.857. The summed E-state index contributed by atoms with van der Waals surface area (Å²) in [7, 11) is 0. The van der Waals surface area contributed by atoms with Crippen LogP contribution in [0.25, 0.3) is 0 Å². The molecule has 9 heavy (non-hydrogen) atoms. The topological polar surface area (TPSA) is 17.1 Å². The standard InChI is InChI=1S/C7H13ClO/c1-5(7(3)8)4-6(2)9/h5,7H,4H2,1-3H3. The first-order chi connectivity index (χ1) is 4.04. The van der Waals surface area contributed by atoms with Crippen LogP contribution in [-0.4, -0.2) is 11.2 Å². The van der Waals surface area contributed by atoms with Crippen LogP contribution in [0, 0.1) is 5.92 Å². The van der Waals surface area contributed by atoms with Crippen LogP contribution in [0.5, 0.6) is 0 Å². The molecule has 0 aliphatic rings. The quantitative estimate of drug-likeness (QED) is 0.561. The third-order valence-electron chi connectivity index (χ3n) is 1.39. The maximum atomic E-state index is 10.5. The molecule has 0 radical (unpaired) electrons. The summed E-state index contributed by atoms with van der Waals surface area (Å²) >= 11 is 5.72. The summed E-state index contributed by atoms with van der Waals surface area (Å²) in [5.41, 5.74) is 0. The van der Waals surface area contributed by atoms with E-state index in [2.05, 4.69) is 0 Å².